The van der Waals surface area contributed by atoms with Crippen molar-refractivity contribution < 1.29 is 14.3 Å². The van der Waals surface area contributed by atoms with Gasteiger partial charge in [0.05, 0.1) is 27.6 Å². The third-order valence-electron chi connectivity index (χ3n) is 5.00. The van der Waals surface area contributed by atoms with Crippen molar-refractivity contribution in [2.75, 3.05) is 5.32 Å². The van der Waals surface area contributed by atoms with Crippen molar-refractivity contribution in [3.8, 4) is 0 Å². The number of fused-ring (bicyclic) bond motifs is 1. The fourth-order valence-electron chi connectivity index (χ4n) is 4.18. The van der Waals surface area contributed by atoms with E-state index in [0.29, 0.717) is 15.7 Å². The molecule has 0 radical (unpaired) electrons. The number of halogens is 2. The van der Waals surface area contributed by atoms with Crippen LogP contribution in [0.15, 0.2) is 18.2 Å². The van der Waals surface area contributed by atoms with E-state index >= 15 is 0 Å². The molecular weight excluding hydrogens is 313 g/mol. The molecule has 2 aliphatic carbocycles. The predicted octanol–water partition coefficient (Wildman–Crippen LogP) is 3.13. The Hall–Kier alpha value is -1.26. The minimum Gasteiger partial charge on any atom is -0.462 e. The topological polar surface area (TPSA) is 55.4 Å². The first-order valence-electron chi connectivity index (χ1n) is 7.01. The zero-order chi connectivity index (χ0) is 14.7. The Kier molecular flexibility index (Phi) is 2.95. The molecule has 6 heteroatoms. The number of anilines is 1. The molecule has 2 saturated carbocycles. The molecule has 21 heavy (non-hydrogen) atoms. The highest BCUT2D eigenvalue weighted by Gasteiger charge is 2.63. The van der Waals surface area contributed by atoms with Crippen LogP contribution in [0.3, 0.4) is 0 Å². The SMILES string of the molecule is O=C(Nc1cccc(Cl)c1Cl)[C@H]1[C@@H]2C[C@@H]3[C@@H]1C(=O)O[C@@H]3C2. The molecule has 3 fully saturated rings. The summed E-state index contributed by atoms with van der Waals surface area (Å²) >= 11 is 12.0. The number of benzene rings is 1. The van der Waals surface area contributed by atoms with Crippen molar-refractivity contribution in [3.63, 3.8) is 0 Å². The summed E-state index contributed by atoms with van der Waals surface area (Å²) in [5, 5.41) is 3.53. The fraction of sp³-hybridized carbons (Fsp3) is 0.467. The van der Waals surface area contributed by atoms with Gasteiger partial charge >= 0.3 is 5.97 Å². The maximum Gasteiger partial charge on any atom is 0.310 e. The van der Waals surface area contributed by atoms with Crippen LogP contribution in [0.1, 0.15) is 12.8 Å². The normalized spacial score (nSPS) is 35.9. The van der Waals surface area contributed by atoms with E-state index in [2.05, 4.69) is 5.32 Å². The average molecular weight is 326 g/mol. The molecule has 1 saturated heterocycles. The van der Waals surface area contributed by atoms with Crippen molar-refractivity contribution in [1.29, 1.82) is 0 Å². The van der Waals surface area contributed by atoms with Crippen LogP contribution in [0.2, 0.25) is 10.0 Å². The maximum atomic E-state index is 12.6. The molecular formula is C15H13Cl2NO3. The number of carbonyl (C=O) groups is 2. The lowest BCUT2D eigenvalue weighted by molar-refractivity contribution is -0.145. The smallest absolute Gasteiger partial charge is 0.310 e. The summed E-state index contributed by atoms with van der Waals surface area (Å²) in [5.74, 6) is -0.526. The largest absolute Gasteiger partial charge is 0.462 e. The predicted molar refractivity (Wildman–Crippen MR) is 78.2 cm³/mol. The lowest BCUT2D eigenvalue weighted by Crippen LogP contribution is -2.35. The van der Waals surface area contributed by atoms with Crippen molar-refractivity contribution in [2.45, 2.75) is 18.9 Å². The number of carbonyl (C=O) groups excluding carboxylic acids is 2. The van der Waals surface area contributed by atoms with Crippen LogP contribution in [0.25, 0.3) is 0 Å². The Balaban J connectivity index is 1.59. The lowest BCUT2D eigenvalue weighted by Gasteiger charge is -2.23. The van der Waals surface area contributed by atoms with Crippen LogP contribution in [-0.4, -0.2) is 18.0 Å². The molecule has 0 unspecified atom stereocenters. The van der Waals surface area contributed by atoms with Crippen molar-refractivity contribution in [3.05, 3.63) is 28.2 Å². The summed E-state index contributed by atoms with van der Waals surface area (Å²) in [6.07, 6.45) is 1.74. The van der Waals surface area contributed by atoms with E-state index in [9.17, 15) is 9.59 Å². The van der Waals surface area contributed by atoms with Crippen LogP contribution in [0, 0.1) is 23.7 Å². The molecule has 1 N–H and O–H groups in total. The average Bonchev–Trinajstić information content (AvgIpc) is 3.05. The van der Waals surface area contributed by atoms with Gasteiger partial charge in [0.2, 0.25) is 5.91 Å². The van der Waals surface area contributed by atoms with Gasteiger partial charge in [0.1, 0.15) is 6.10 Å². The number of amides is 1. The summed E-state index contributed by atoms with van der Waals surface area (Å²) in [5.41, 5.74) is 0.486. The Morgan fingerprint density at radius 2 is 2.10 bits per heavy atom. The summed E-state index contributed by atoms with van der Waals surface area (Å²) in [4.78, 5) is 24.5. The number of hydrogen-bond donors (Lipinski definition) is 1. The molecule has 3 aliphatic rings. The standard InChI is InChI=1S/C15H13Cl2NO3/c16-8-2-1-3-9(13(8)17)18-14(19)11-6-4-7-10(5-6)21-15(20)12(7)11/h1-3,6-7,10-12H,4-5H2,(H,18,19)/t6-,7+,10-,11+,12+/m1/s1. The number of hydrogen-bond acceptors (Lipinski definition) is 3. The third-order valence-corrected chi connectivity index (χ3v) is 5.81. The van der Waals surface area contributed by atoms with Crippen molar-refractivity contribution in [2.24, 2.45) is 23.7 Å². The second kappa shape index (κ2) is 4.62. The van der Waals surface area contributed by atoms with Crippen molar-refractivity contribution >= 4 is 40.8 Å². The molecule has 1 aliphatic heterocycles. The van der Waals surface area contributed by atoms with Gasteiger partial charge < -0.3 is 10.1 Å². The van der Waals surface area contributed by atoms with Gasteiger partial charge in [0, 0.05) is 5.92 Å². The highest BCUT2D eigenvalue weighted by atomic mass is 35.5. The number of nitrogens with one attached hydrogen (secondary N) is 1. The van der Waals surface area contributed by atoms with Gasteiger partial charge in [-0.1, -0.05) is 29.3 Å². The molecule has 4 rings (SSSR count). The minimum atomic E-state index is -0.309. The number of ether oxygens (including phenoxy) is 1. The quantitative estimate of drug-likeness (QED) is 0.850. The molecule has 0 aromatic heterocycles. The van der Waals surface area contributed by atoms with E-state index in [-0.39, 0.29) is 41.7 Å². The number of rotatable bonds is 2. The van der Waals surface area contributed by atoms with Crippen LogP contribution in [0.5, 0.6) is 0 Å². The van der Waals surface area contributed by atoms with Crippen LogP contribution in [0.4, 0.5) is 5.69 Å². The van der Waals surface area contributed by atoms with Crippen LogP contribution < -0.4 is 5.32 Å². The first-order chi connectivity index (χ1) is 10.1. The molecule has 2 bridgehead atoms. The Labute approximate surface area is 131 Å². The van der Waals surface area contributed by atoms with Gasteiger partial charge in [-0.05, 0) is 30.9 Å². The second-order valence-electron chi connectivity index (χ2n) is 6.01. The minimum absolute atomic E-state index is 0.0336. The summed E-state index contributed by atoms with van der Waals surface area (Å²) < 4.78 is 5.35. The molecule has 0 spiro atoms. The zero-order valence-electron chi connectivity index (χ0n) is 11.0. The van der Waals surface area contributed by atoms with Gasteiger partial charge in [-0.2, -0.15) is 0 Å². The molecule has 1 heterocycles. The Morgan fingerprint density at radius 3 is 2.90 bits per heavy atom. The Bertz CT molecular complexity index is 646. The fourth-order valence-corrected chi connectivity index (χ4v) is 4.53. The molecule has 5 atom stereocenters. The lowest BCUT2D eigenvalue weighted by atomic mass is 9.79. The van der Waals surface area contributed by atoms with Gasteiger partial charge in [-0.25, -0.2) is 0 Å². The van der Waals surface area contributed by atoms with E-state index in [1.165, 1.54) is 0 Å². The maximum absolute atomic E-state index is 12.6. The number of esters is 1. The molecule has 1 aromatic carbocycles. The van der Waals surface area contributed by atoms with E-state index < -0.39 is 0 Å². The summed E-state index contributed by atoms with van der Waals surface area (Å²) in [6, 6.07) is 5.09. The van der Waals surface area contributed by atoms with Crippen LogP contribution in [-0.2, 0) is 14.3 Å². The van der Waals surface area contributed by atoms with Gasteiger partial charge in [-0.15, -0.1) is 0 Å². The first-order valence-corrected chi connectivity index (χ1v) is 7.77. The van der Waals surface area contributed by atoms with E-state index in [1.54, 1.807) is 18.2 Å². The Morgan fingerprint density at radius 1 is 1.29 bits per heavy atom. The second-order valence-corrected chi connectivity index (χ2v) is 6.80. The summed E-state index contributed by atoms with van der Waals surface area (Å²) in [6.45, 7) is 0. The highest BCUT2D eigenvalue weighted by molar-refractivity contribution is 6.44. The third kappa shape index (κ3) is 1.89. The van der Waals surface area contributed by atoms with E-state index in [0.717, 1.165) is 12.8 Å². The van der Waals surface area contributed by atoms with E-state index in [4.69, 9.17) is 27.9 Å². The van der Waals surface area contributed by atoms with Crippen LogP contribution >= 0.6 is 23.2 Å². The monoisotopic (exact) mass is 325 g/mol. The summed E-state index contributed by atoms with van der Waals surface area (Å²) in [7, 11) is 0. The molecule has 1 aromatic rings. The zero-order valence-corrected chi connectivity index (χ0v) is 12.5. The van der Waals surface area contributed by atoms with Gasteiger partial charge in [0.15, 0.2) is 0 Å². The van der Waals surface area contributed by atoms with E-state index in [1.807, 2.05) is 0 Å². The highest BCUT2D eigenvalue weighted by Crippen LogP contribution is 2.57. The van der Waals surface area contributed by atoms with Gasteiger partial charge in [-0.3, -0.25) is 9.59 Å². The molecule has 110 valence electrons. The van der Waals surface area contributed by atoms with Crippen molar-refractivity contribution in [1.82, 2.24) is 0 Å². The first kappa shape index (κ1) is 13.4. The molecule has 4 nitrogen and oxygen atoms in total. The molecule has 1 amide bonds. The van der Waals surface area contributed by atoms with Gasteiger partial charge in [0.25, 0.3) is 0 Å².